The zero-order valence-electron chi connectivity index (χ0n) is 19.7. The number of carbonyl (C=O) groups is 2. The van der Waals surface area contributed by atoms with Crippen LogP contribution in [-0.2, 0) is 22.6 Å². The van der Waals surface area contributed by atoms with Crippen molar-refractivity contribution in [3.63, 3.8) is 0 Å². The summed E-state index contributed by atoms with van der Waals surface area (Å²) in [5, 5.41) is 3.05. The molecule has 0 unspecified atom stereocenters. The van der Waals surface area contributed by atoms with E-state index in [1.54, 1.807) is 12.0 Å². The topological polar surface area (TPSA) is 58.6 Å². The van der Waals surface area contributed by atoms with Gasteiger partial charge in [-0.1, -0.05) is 44.2 Å². The monoisotopic (exact) mass is 424 g/mol. The van der Waals surface area contributed by atoms with Crippen LogP contribution in [0.3, 0.4) is 0 Å². The Hall–Kier alpha value is -2.82. The SMILES string of the molecule is CC[C@H](C)NC(=O)[C@H](CC)N(Cc1cccc(OC)c1)C(=O)Cc1ccc(C)c(C)c1. The third-order valence-corrected chi connectivity index (χ3v) is 5.80. The van der Waals surface area contributed by atoms with E-state index < -0.39 is 6.04 Å². The molecule has 0 aliphatic rings. The first-order valence-electron chi connectivity index (χ1n) is 11.1. The molecule has 0 spiro atoms. The quantitative estimate of drug-likeness (QED) is 0.607. The fourth-order valence-corrected chi connectivity index (χ4v) is 3.52. The lowest BCUT2D eigenvalue weighted by atomic mass is 10.0. The average molecular weight is 425 g/mol. The molecule has 0 bridgehead atoms. The normalized spacial score (nSPS) is 12.7. The summed E-state index contributed by atoms with van der Waals surface area (Å²) < 4.78 is 5.34. The third kappa shape index (κ3) is 6.84. The molecule has 0 aromatic heterocycles. The number of amides is 2. The molecule has 2 amide bonds. The van der Waals surface area contributed by atoms with Crippen molar-refractivity contribution in [2.24, 2.45) is 0 Å². The lowest BCUT2D eigenvalue weighted by Crippen LogP contribution is -2.51. The summed E-state index contributed by atoms with van der Waals surface area (Å²) in [4.78, 5) is 28.2. The first kappa shape index (κ1) is 24.4. The minimum Gasteiger partial charge on any atom is -0.497 e. The predicted octanol–water partition coefficient (Wildman–Crippen LogP) is 4.58. The van der Waals surface area contributed by atoms with Crippen LogP contribution in [-0.4, -0.2) is 35.9 Å². The van der Waals surface area contributed by atoms with E-state index in [2.05, 4.69) is 18.3 Å². The number of ether oxygens (including phenoxy) is 1. The van der Waals surface area contributed by atoms with E-state index in [0.717, 1.165) is 28.9 Å². The Labute approximate surface area is 186 Å². The second kappa shape index (κ2) is 11.5. The molecule has 5 heteroatoms. The maximum Gasteiger partial charge on any atom is 0.243 e. The van der Waals surface area contributed by atoms with Gasteiger partial charge in [-0.3, -0.25) is 9.59 Å². The van der Waals surface area contributed by atoms with E-state index in [1.807, 2.05) is 64.1 Å². The van der Waals surface area contributed by atoms with Crippen molar-refractivity contribution in [3.8, 4) is 5.75 Å². The third-order valence-electron chi connectivity index (χ3n) is 5.80. The number of nitrogens with zero attached hydrogens (tertiary/aromatic N) is 1. The minimum atomic E-state index is -0.528. The van der Waals surface area contributed by atoms with Crippen molar-refractivity contribution in [1.82, 2.24) is 10.2 Å². The Bertz CT molecular complexity index is 894. The lowest BCUT2D eigenvalue weighted by Gasteiger charge is -2.31. The molecule has 0 saturated carbocycles. The number of aryl methyl sites for hydroxylation is 2. The van der Waals surface area contributed by atoms with Gasteiger partial charge in [0, 0.05) is 12.6 Å². The van der Waals surface area contributed by atoms with Gasteiger partial charge >= 0.3 is 0 Å². The molecular formula is C26H36N2O3. The van der Waals surface area contributed by atoms with Crippen molar-refractivity contribution in [1.29, 1.82) is 0 Å². The number of benzene rings is 2. The highest BCUT2D eigenvalue weighted by Gasteiger charge is 2.29. The average Bonchev–Trinajstić information content (AvgIpc) is 2.76. The van der Waals surface area contributed by atoms with Crippen LogP contribution in [0.5, 0.6) is 5.75 Å². The van der Waals surface area contributed by atoms with Gasteiger partial charge in [-0.25, -0.2) is 0 Å². The molecule has 0 fully saturated rings. The second-order valence-corrected chi connectivity index (χ2v) is 8.21. The number of carbonyl (C=O) groups excluding carboxylic acids is 2. The summed E-state index contributed by atoms with van der Waals surface area (Å²) in [5.74, 6) is 0.571. The van der Waals surface area contributed by atoms with E-state index in [1.165, 1.54) is 5.56 Å². The predicted molar refractivity (Wildman–Crippen MR) is 125 cm³/mol. The number of nitrogens with one attached hydrogen (secondary N) is 1. The Morgan fingerprint density at radius 1 is 1.00 bits per heavy atom. The van der Waals surface area contributed by atoms with Crippen molar-refractivity contribution in [2.75, 3.05) is 7.11 Å². The summed E-state index contributed by atoms with van der Waals surface area (Å²) in [6.45, 7) is 10.4. The Morgan fingerprint density at radius 2 is 1.74 bits per heavy atom. The van der Waals surface area contributed by atoms with Crippen LogP contribution < -0.4 is 10.1 Å². The van der Waals surface area contributed by atoms with E-state index >= 15 is 0 Å². The number of hydrogen-bond acceptors (Lipinski definition) is 3. The maximum atomic E-state index is 13.4. The maximum absolute atomic E-state index is 13.4. The first-order valence-corrected chi connectivity index (χ1v) is 11.1. The molecule has 1 N–H and O–H groups in total. The van der Waals surface area contributed by atoms with Crippen LogP contribution in [0, 0.1) is 13.8 Å². The van der Waals surface area contributed by atoms with Crippen molar-refractivity contribution in [3.05, 3.63) is 64.7 Å². The summed E-state index contributed by atoms with van der Waals surface area (Å²) in [5.41, 5.74) is 4.25. The summed E-state index contributed by atoms with van der Waals surface area (Å²) in [6, 6.07) is 13.3. The summed E-state index contributed by atoms with van der Waals surface area (Å²) in [7, 11) is 1.62. The number of rotatable bonds is 10. The standard InChI is InChI=1S/C26H36N2O3/c1-7-20(5)27-26(30)24(8-2)28(17-22-10-9-11-23(15-22)31-6)25(29)16-21-13-12-18(3)19(4)14-21/h9-15,20,24H,7-8,16-17H2,1-6H3,(H,27,30)/t20-,24-/m0/s1. The van der Waals surface area contributed by atoms with Crippen LogP contribution in [0.15, 0.2) is 42.5 Å². The van der Waals surface area contributed by atoms with E-state index in [-0.39, 0.29) is 24.3 Å². The molecule has 0 aliphatic carbocycles. The van der Waals surface area contributed by atoms with Crippen LogP contribution >= 0.6 is 0 Å². The first-order chi connectivity index (χ1) is 14.8. The van der Waals surface area contributed by atoms with Gasteiger partial charge in [-0.05, 0) is 68.0 Å². The molecule has 2 aromatic rings. The molecule has 168 valence electrons. The smallest absolute Gasteiger partial charge is 0.243 e. The number of hydrogen-bond donors (Lipinski definition) is 1. The lowest BCUT2D eigenvalue weighted by molar-refractivity contribution is -0.141. The van der Waals surface area contributed by atoms with Crippen LogP contribution in [0.2, 0.25) is 0 Å². The van der Waals surface area contributed by atoms with Crippen molar-refractivity contribution in [2.45, 2.75) is 72.5 Å². The highest BCUT2D eigenvalue weighted by atomic mass is 16.5. The molecular weight excluding hydrogens is 388 g/mol. The van der Waals surface area contributed by atoms with Gasteiger partial charge in [0.05, 0.1) is 13.5 Å². The second-order valence-electron chi connectivity index (χ2n) is 8.21. The van der Waals surface area contributed by atoms with Gasteiger partial charge in [0.2, 0.25) is 11.8 Å². The molecule has 2 atom stereocenters. The molecule has 0 aliphatic heterocycles. The molecule has 0 saturated heterocycles. The summed E-state index contributed by atoms with van der Waals surface area (Å²) in [6.07, 6.45) is 1.65. The van der Waals surface area contributed by atoms with Gasteiger partial charge in [0.25, 0.3) is 0 Å². The molecule has 2 aromatic carbocycles. The van der Waals surface area contributed by atoms with Gasteiger partial charge in [-0.15, -0.1) is 0 Å². The Morgan fingerprint density at radius 3 is 2.35 bits per heavy atom. The fourth-order valence-electron chi connectivity index (χ4n) is 3.52. The van der Waals surface area contributed by atoms with Crippen molar-refractivity contribution < 1.29 is 14.3 Å². The van der Waals surface area contributed by atoms with Gasteiger partial charge in [0.15, 0.2) is 0 Å². The van der Waals surface area contributed by atoms with E-state index in [0.29, 0.717) is 13.0 Å². The molecule has 0 heterocycles. The van der Waals surface area contributed by atoms with Gasteiger partial charge in [-0.2, -0.15) is 0 Å². The van der Waals surface area contributed by atoms with E-state index in [4.69, 9.17) is 4.74 Å². The zero-order chi connectivity index (χ0) is 23.0. The largest absolute Gasteiger partial charge is 0.497 e. The molecule has 0 radical (unpaired) electrons. The highest BCUT2D eigenvalue weighted by Crippen LogP contribution is 2.19. The number of methoxy groups -OCH3 is 1. The van der Waals surface area contributed by atoms with Crippen LogP contribution in [0.4, 0.5) is 0 Å². The molecule has 2 rings (SSSR count). The zero-order valence-corrected chi connectivity index (χ0v) is 19.7. The van der Waals surface area contributed by atoms with Crippen LogP contribution in [0.25, 0.3) is 0 Å². The highest BCUT2D eigenvalue weighted by molar-refractivity contribution is 5.88. The van der Waals surface area contributed by atoms with E-state index in [9.17, 15) is 9.59 Å². The van der Waals surface area contributed by atoms with Gasteiger partial charge in [0.1, 0.15) is 11.8 Å². The molecule has 5 nitrogen and oxygen atoms in total. The molecule has 31 heavy (non-hydrogen) atoms. The van der Waals surface area contributed by atoms with Gasteiger partial charge < -0.3 is 15.0 Å². The summed E-state index contributed by atoms with van der Waals surface area (Å²) >= 11 is 0. The van der Waals surface area contributed by atoms with Crippen LogP contribution in [0.1, 0.15) is 55.9 Å². The Kier molecular flexibility index (Phi) is 9.10. The Balaban J connectivity index is 2.33. The fraction of sp³-hybridized carbons (Fsp3) is 0.462. The van der Waals surface area contributed by atoms with Crippen molar-refractivity contribution >= 4 is 11.8 Å². The minimum absolute atomic E-state index is 0.0581.